The van der Waals surface area contributed by atoms with Crippen molar-refractivity contribution in [1.29, 1.82) is 0 Å². The number of hydrogen-bond acceptors (Lipinski definition) is 2. The van der Waals surface area contributed by atoms with Crippen molar-refractivity contribution >= 4 is 0 Å². The van der Waals surface area contributed by atoms with Crippen LogP contribution in [0.3, 0.4) is 0 Å². The zero-order valence-electron chi connectivity index (χ0n) is 9.63. The first-order valence-corrected chi connectivity index (χ1v) is 5.22. The summed E-state index contributed by atoms with van der Waals surface area (Å²) in [6.45, 7) is 5.20. The Labute approximate surface area is 90.9 Å². The van der Waals surface area contributed by atoms with E-state index in [2.05, 4.69) is 18.7 Å². The molecule has 0 amide bonds. The Hall–Kier alpha value is -0.930. The van der Waals surface area contributed by atoms with Crippen LogP contribution in [0.25, 0.3) is 0 Å². The van der Waals surface area contributed by atoms with Gasteiger partial charge in [-0.05, 0) is 32.5 Å². The van der Waals surface area contributed by atoms with E-state index >= 15 is 0 Å². The molecule has 0 radical (unpaired) electrons. The Morgan fingerprint density at radius 1 is 1.40 bits per heavy atom. The molecule has 2 N–H and O–H groups in total. The van der Waals surface area contributed by atoms with Crippen LogP contribution in [0, 0.1) is 5.82 Å². The zero-order valence-corrected chi connectivity index (χ0v) is 9.63. The molecule has 0 aliphatic rings. The van der Waals surface area contributed by atoms with E-state index in [9.17, 15) is 4.39 Å². The fourth-order valence-corrected chi connectivity index (χ4v) is 1.30. The predicted octanol–water partition coefficient (Wildman–Crippen LogP) is 2.12. The van der Waals surface area contributed by atoms with Crippen LogP contribution in [-0.4, -0.2) is 18.0 Å². The van der Waals surface area contributed by atoms with Crippen LogP contribution >= 0.6 is 0 Å². The molecule has 0 fully saturated rings. The van der Waals surface area contributed by atoms with E-state index in [1.54, 1.807) is 0 Å². The standard InChI is InChI=1S/C12H19FN2/c1-9(2)15(3)8-11-5-4-10(7-14)6-12(11)13/h4-6,9H,7-8,14H2,1-3H3. The van der Waals surface area contributed by atoms with E-state index in [-0.39, 0.29) is 5.82 Å². The Kier molecular flexibility index (Phi) is 4.24. The zero-order chi connectivity index (χ0) is 11.4. The summed E-state index contributed by atoms with van der Waals surface area (Å²) in [6.07, 6.45) is 0. The average Bonchev–Trinajstić information content (AvgIpc) is 2.20. The summed E-state index contributed by atoms with van der Waals surface area (Å²) in [5.74, 6) is -0.162. The van der Waals surface area contributed by atoms with Crippen LogP contribution in [0.15, 0.2) is 18.2 Å². The van der Waals surface area contributed by atoms with Crippen molar-refractivity contribution in [2.45, 2.75) is 33.0 Å². The molecule has 0 bridgehead atoms. The lowest BCUT2D eigenvalue weighted by atomic mass is 10.1. The molecule has 1 aromatic rings. The molecule has 2 nitrogen and oxygen atoms in total. The van der Waals surface area contributed by atoms with Crippen molar-refractivity contribution in [1.82, 2.24) is 4.90 Å². The van der Waals surface area contributed by atoms with Gasteiger partial charge < -0.3 is 5.73 Å². The summed E-state index contributed by atoms with van der Waals surface area (Å²) in [5, 5.41) is 0. The molecule has 0 saturated heterocycles. The van der Waals surface area contributed by atoms with Crippen LogP contribution in [0.2, 0.25) is 0 Å². The maximum absolute atomic E-state index is 13.6. The van der Waals surface area contributed by atoms with E-state index in [1.807, 2.05) is 19.2 Å². The number of nitrogens with zero attached hydrogens (tertiary/aromatic N) is 1. The molecule has 0 unspecified atom stereocenters. The normalized spacial score (nSPS) is 11.4. The molecule has 0 atom stereocenters. The molecular formula is C12H19FN2. The first-order chi connectivity index (χ1) is 7.04. The number of hydrogen-bond donors (Lipinski definition) is 1. The summed E-state index contributed by atoms with van der Waals surface area (Å²) >= 11 is 0. The van der Waals surface area contributed by atoms with Gasteiger partial charge in [0, 0.05) is 24.7 Å². The first kappa shape index (κ1) is 12.1. The van der Waals surface area contributed by atoms with Crippen molar-refractivity contribution in [2.24, 2.45) is 5.73 Å². The van der Waals surface area contributed by atoms with Crippen LogP contribution < -0.4 is 5.73 Å². The van der Waals surface area contributed by atoms with Gasteiger partial charge >= 0.3 is 0 Å². The van der Waals surface area contributed by atoms with Gasteiger partial charge in [0.25, 0.3) is 0 Å². The molecular weight excluding hydrogens is 191 g/mol. The Bertz CT molecular complexity index is 323. The molecule has 0 aliphatic heterocycles. The third kappa shape index (κ3) is 3.29. The highest BCUT2D eigenvalue weighted by molar-refractivity contribution is 5.24. The number of rotatable bonds is 4. The maximum atomic E-state index is 13.6. The number of benzene rings is 1. The Morgan fingerprint density at radius 2 is 2.07 bits per heavy atom. The van der Waals surface area contributed by atoms with Gasteiger partial charge in [-0.25, -0.2) is 4.39 Å². The van der Waals surface area contributed by atoms with Gasteiger partial charge in [-0.1, -0.05) is 12.1 Å². The van der Waals surface area contributed by atoms with Gasteiger partial charge in [0.2, 0.25) is 0 Å². The predicted molar refractivity (Wildman–Crippen MR) is 60.9 cm³/mol. The minimum absolute atomic E-state index is 0.162. The molecule has 0 aromatic heterocycles. The topological polar surface area (TPSA) is 29.3 Å². The molecule has 3 heteroatoms. The smallest absolute Gasteiger partial charge is 0.128 e. The number of nitrogens with two attached hydrogens (primary N) is 1. The van der Waals surface area contributed by atoms with Gasteiger partial charge in [0.05, 0.1) is 0 Å². The second-order valence-corrected chi connectivity index (χ2v) is 4.14. The van der Waals surface area contributed by atoms with Gasteiger partial charge in [0.1, 0.15) is 5.82 Å². The third-order valence-corrected chi connectivity index (χ3v) is 2.65. The van der Waals surface area contributed by atoms with Crippen LogP contribution in [-0.2, 0) is 13.1 Å². The van der Waals surface area contributed by atoms with Gasteiger partial charge in [-0.15, -0.1) is 0 Å². The highest BCUT2D eigenvalue weighted by atomic mass is 19.1. The highest BCUT2D eigenvalue weighted by Crippen LogP contribution is 2.13. The van der Waals surface area contributed by atoms with Crippen molar-refractivity contribution in [3.8, 4) is 0 Å². The summed E-state index contributed by atoms with van der Waals surface area (Å²) < 4.78 is 13.6. The molecule has 0 heterocycles. The molecule has 1 aromatic carbocycles. The molecule has 1 rings (SSSR count). The molecule has 15 heavy (non-hydrogen) atoms. The van der Waals surface area contributed by atoms with E-state index in [0.717, 1.165) is 11.1 Å². The maximum Gasteiger partial charge on any atom is 0.128 e. The monoisotopic (exact) mass is 210 g/mol. The minimum atomic E-state index is -0.162. The summed E-state index contributed by atoms with van der Waals surface area (Å²) in [6, 6.07) is 5.63. The highest BCUT2D eigenvalue weighted by Gasteiger charge is 2.08. The largest absolute Gasteiger partial charge is 0.326 e. The van der Waals surface area contributed by atoms with Crippen molar-refractivity contribution in [3.63, 3.8) is 0 Å². The van der Waals surface area contributed by atoms with Gasteiger partial charge in [0.15, 0.2) is 0 Å². The van der Waals surface area contributed by atoms with E-state index in [0.29, 0.717) is 19.1 Å². The molecule has 84 valence electrons. The van der Waals surface area contributed by atoms with Gasteiger partial charge in [-0.3, -0.25) is 4.90 Å². The molecule has 0 spiro atoms. The van der Waals surface area contributed by atoms with E-state index in [1.165, 1.54) is 6.07 Å². The van der Waals surface area contributed by atoms with Crippen LogP contribution in [0.5, 0.6) is 0 Å². The second-order valence-electron chi connectivity index (χ2n) is 4.14. The summed E-state index contributed by atoms with van der Waals surface area (Å²) in [5.41, 5.74) is 7.00. The Balaban J connectivity index is 2.78. The van der Waals surface area contributed by atoms with Crippen molar-refractivity contribution in [3.05, 3.63) is 35.1 Å². The lowest BCUT2D eigenvalue weighted by Crippen LogP contribution is -2.26. The summed E-state index contributed by atoms with van der Waals surface area (Å²) in [7, 11) is 1.99. The first-order valence-electron chi connectivity index (χ1n) is 5.22. The molecule has 0 aliphatic carbocycles. The third-order valence-electron chi connectivity index (χ3n) is 2.65. The van der Waals surface area contributed by atoms with Crippen LogP contribution in [0.4, 0.5) is 4.39 Å². The van der Waals surface area contributed by atoms with Crippen molar-refractivity contribution in [2.75, 3.05) is 7.05 Å². The lowest BCUT2D eigenvalue weighted by molar-refractivity contribution is 0.262. The second kappa shape index (κ2) is 5.24. The summed E-state index contributed by atoms with van der Waals surface area (Å²) in [4.78, 5) is 2.10. The average molecular weight is 210 g/mol. The fraction of sp³-hybridized carbons (Fsp3) is 0.500. The SMILES string of the molecule is CC(C)N(C)Cc1ccc(CN)cc1F. The Morgan fingerprint density at radius 3 is 2.53 bits per heavy atom. The number of halogens is 1. The van der Waals surface area contributed by atoms with Crippen molar-refractivity contribution < 1.29 is 4.39 Å². The quantitative estimate of drug-likeness (QED) is 0.825. The lowest BCUT2D eigenvalue weighted by Gasteiger charge is -2.21. The van der Waals surface area contributed by atoms with Crippen LogP contribution in [0.1, 0.15) is 25.0 Å². The van der Waals surface area contributed by atoms with E-state index in [4.69, 9.17) is 5.73 Å². The molecule has 0 saturated carbocycles. The fourth-order valence-electron chi connectivity index (χ4n) is 1.30. The van der Waals surface area contributed by atoms with Gasteiger partial charge in [-0.2, -0.15) is 0 Å². The van der Waals surface area contributed by atoms with E-state index < -0.39 is 0 Å². The minimum Gasteiger partial charge on any atom is -0.326 e.